The molecule has 3 rings (SSSR count). The molecular weight excluding hydrogens is 591 g/mol. The van der Waals surface area contributed by atoms with E-state index in [1.807, 2.05) is 0 Å². The van der Waals surface area contributed by atoms with E-state index < -0.39 is 78.3 Å². The largest absolute Gasteiger partial charge is 0.461 e. The van der Waals surface area contributed by atoms with Crippen LogP contribution in [0.1, 0.15) is 41.5 Å². The van der Waals surface area contributed by atoms with Crippen LogP contribution in [0.2, 0.25) is 0 Å². The fourth-order valence-electron chi connectivity index (χ4n) is 4.22. The van der Waals surface area contributed by atoms with Gasteiger partial charge in [0.1, 0.15) is 11.6 Å². The quantitative estimate of drug-likeness (QED) is 0.221. The summed E-state index contributed by atoms with van der Waals surface area (Å²) in [6, 6.07) is 12.6. The van der Waals surface area contributed by atoms with Gasteiger partial charge in [0.05, 0.1) is 11.1 Å². The van der Waals surface area contributed by atoms with Gasteiger partial charge in [-0.1, -0.05) is 42.5 Å². The van der Waals surface area contributed by atoms with Crippen LogP contribution in [0.5, 0.6) is 5.75 Å². The zero-order valence-electron chi connectivity index (χ0n) is 21.3. The maximum Gasteiger partial charge on any atom is 0.461 e. The highest BCUT2D eigenvalue weighted by Gasteiger charge is 2.45. The van der Waals surface area contributed by atoms with E-state index in [2.05, 4.69) is 10.1 Å². The Balaban J connectivity index is 2.22. The van der Waals surface area contributed by atoms with Crippen LogP contribution in [0.3, 0.4) is 0 Å². The van der Waals surface area contributed by atoms with E-state index in [4.69, 9.17) is 0 Å². The molecule has 0 aliphatic heterocycles. The summed E-state index contributed by atoms with van der Waals surface area (Å²) in [6.45, 7) is 0. The smallest absolute Gasteiger partial charge is 0.428 e. The SMILES string of the molecule is O=C(CCCC(F)(F)F)NC(Cc1ccccc1)(c1ccc(C(F)(F)F)cc1)c1cc(F)cc(OC(F)(F)C(F)F)c1. The summed E-state index contributed by atoms with van der Waals surface area (Å²) in [5.74, 6) is -3.45. The molecule has 0 fully saturated rings. The number of benzene rings is 3. The molecule has 0 aliphatic carbocycles. The van der Waals surface area contributed by atoms with Gasteiger partial charge in [-0.3, -0.25) is 4.79 Å². The molecule has 0 heterocycles. The van der Waals surface area contributed by atoms with Crippen molar-refractivity contribution in [2.75, 3.05) is 0 Å². The molecule has 3 nitrogen and oxygen atoms in total. The molecule has 1 atom stereocenters. The van der Waals surface area contributed by atoms with Gasteiger partial charge >= 0.3 is 24.9 Å². The van der Waals surface area contributed by atoms with Crippen molar-refractivity contribution in [1.82, 2.24) is 5.32 Å². The van der Waals surface area contributed by atoms with E-state index in [-0.39, 0.29) is 12.0 Å². The number of alkyl halides is 10. The molecule has 228 valence electrons. The highest BCUT2D eigenvalue weighted by atomic mass is 19.4. The number of halogens is 11. The van der Waals surface area contributed by atoms with Crippen LogP contribution in [0.4, 0.5) is 48.3 Å². The van der Waals surface area contributed by atoms with Crippen LogP contribution in [0, 0.1) is 5.82 Å². The van der Waals surface area contributed by atoms with Crippen molar-refractivity contribution in [3.8, 4) is 5.75 Å². The monoisotopic (exact) mass is 613 g/mol. The summed E-state index contributed by atoms with van der Waals surface area (Å²) in [4.78, 5) is 13.0. The first-order valence-electron chi connectivity index (χ1n) is 12.2. The van der Waals surface area contributed by atoms with Gasteiger partial charge in [0, 0.05) is 25.3 Å². The number of nitrogens with one attached hydrogen (secondary N) is 1. The summed E-state index contributed by atoms with van der Waals surface area (Å²) in [7, 11) is 0. The number of carbonyl (C=O) groups excluding carboxylic acids is 1. The molecule has 0 spiro atoms. The lowest BCUT2D eigenvalue weighted by atomic mass is 9.77. The predicted octanol–water partition coefficient (Wildman–Crippen LogP) is 8.42. The third-order valence-electron chi connectivity index (χ3n) is 6.11. The minimum absolute atomic E-state index is 0.152. The fraction of sp³-hybridized carbons (Fsp3) is 0.321. The Morgan fingerprint density at radius 3 is 1.93 bits per heavy atom. The molecule has 42 heavy (non-hydrogen) atoms. The minimum atomic E-state index is -5.07. The van der Waals surface area contributed by atoms with Crippen molar-refractivity contribution >= 4 is 5.91 Å². The fourth-order valence-corrected chi connectivity index (χ4v) is 4.22. The van der Waals surface area contributed by atoms with Crippen LogP contribution >= 0.6 is 0 Å². The molecule has 0 bridgehead atoms. The third-order valence-corrected chi connectivity index (χ3v) is 6.11. The van der Waals surface area contributed by atoms with E-state index in [9.17, 15) is 53.1 Å². The van der Waals surface area contributed by atoms with Crippen LogP contribution in [0.25, 0.3) is 0 Å². The van der Waals surface area contributed by atoms with E-state index in [1.54, 1.807) is 18.2 Å². The zero-order chi connectivity index (χ0) is 31.3. The molecule has 1 N–H and O–H groups in total. The van der Waals surface area contributed by atoms with Gasteiger partial charge in [-0.15, -0.1) is 0 Å². The Morgan fingerprint density at radius 1 is 0.786 bits per heavy atom. The average molecular weight is 613 g/mol. The standard InChI is InChI=1S/C28H22F11NO2/c29-21-13-20(14-22(15-21)42-28(38,39)24(30)31)25(16-17-5-2-1-3-6-17,40-23(41)7-4-12-26(32,33)34)18-8-10-19(11-9-18)27(35,36)37/h1-3,5-6,8-11,13-15,24H,4,7,12,16H2,(H,40,41). The van der Waals surface area contributed by atoms with E-state index in [1.165, 1.54) is 12.1 Å². The molecule has 14 heteroatoms. The summed E-state index contributed by atoms with van der Waals surface area (Å²) in [6.07, 6.45) is -21.9. The molecule has 1 amide bonds. The van der Waals surface area contributed by atoms with Crippen LogP contribution in [-0.4, -0.2) is 24.6 Å². The van der Waals surface area contributed by atoms with E-state index in [0.717, 1.165) is 12.1 Å². The van der Waals surface area contributed by atoms with Crippen LogP contribution < -0.4 is 10.1 Å². The molecule has 0 radical (unpaired) electrons. The van der Waals surface area contributed by atoms with Crippen molar-refractivity contribution < 1.29 is 57.8 Å². The summed E-state index contributed by atoms with van der Waals surface area (Å²) >= 11 is 0. The van der Waals surface area contributed by atoms with Crippen molar-refractivity contribution in [3.63, 3.8) is 0 Å². The highest BCUT2D eigenvalue weighted by molar-refractivity contribution is 5.78. The third kappa shape index (κ3) is 8.58. The van der Waals surface area contributed by atoms with Gasteiger partial charge in [-0.25, -0.2) is 4.39 Å². The first-order chi connectivity index (χ1) is 19.4. The normalized spacial score (nSPS) is 14.0. The van der Waals surface area contributed by atoms with Crippen molar-refractivity contribution in [1.29, 1.82) is 0 Å². The van der Waals surface area contributed by atoms with Crippen molar-refractivity contribution in [2.45, 2.75) is 56.1 Å². The molecule has 0 saturated heterocycles. The molecule has 0 saturated carbocycles. The van der Waals surface area contributed by atoms with Gasteiger partial charge in [-0.05, 0) is 47.4 Å². The second-order valence-electron chi connectivity index (χ2n) is 9.30. The van der Waals surface area contributed by atoms with Crippen LogP contribution in [-0.2, 0) is 22.9 Å². The molecule has 1 unspecified atom stereocenters. The van der Waals surface area contributed by atoms with E-state index in [0.29, 0.717) is 35.9 Å². The van der Waals surface area contributed by atoms with E-state index >= 15 is 0 Å². The number of hydrogen-bond acceptors (Lipinski definition) is 2. The molecule has 3 aromatic carbocycles. The summed E-state index contributed by atoms with van der Waals surface area (Å²) in [5.41, 5.74) is -3.41. The number of hydrogen-bond donors (Lipinski definition) is 1. The molecule has 3 aromatic rings. The minimum Gasteiger partial charge on any atom is -0.428 e. The number of rotatable bonds is 11. The maximum absolute atomic E-state index is 14.8. The Bertz CT molecular complexity index is 1340. The summed E-state index contributed by atoms with van der Waals surface area (Å²) in [5, 5.41) is 2.45. The Labute approximate surface area is 232 Å². The number of carbonyl (C=O) groups is 1. The molecule has 0 aromatic heterocycles. The molecule has 0 aliphatic rings. The van der Waals surface area contributed by atoms with Gasteiger partial charge < -0.3 is 10.1 Å². The first kappa shape index (κ1) is 32.7. The Kier molecular flexibility index (Phi) is 9.78. The van der Waals surface area contributed by atoms with Gasteiger partial charge in [-0.2, -0.15) is 43.9 Å². The lowest BCUT2D eigenvalue weighted by Gasteiger charge is -2.37. The van der Waals surface area contributed by atoms with Crippen molar-refractivity contribution in [3.05, 3.63) is 101 Å². The maximum atomic E-state index is 14.8. The molecular formula is C28H22F11NO2. The number of ether oxygens (including phenoxy) is 1. The summed E-state index contributed by atoms with van der Waals surface area (Å²) < 4.78 is 150. The lowest BCUT2D eigenvalue weighted by molar-refractivity contribution is -0.253. The first-order valence-corrected chi connectivity index (χ1v) is 12.2. The number of amides is 1. The Morgan fingerprint density at radius 2 is 1.38 bits per heavy atom. The van der Waals surface area contributed by atoms with Gasteiger partial charge in [0.25, 0.3) is 0 Å². The van der Waals surface area contributed by atoms with Crippen LogP contribution in [0.15, 0.2) is 72.8 Å². The van der Waals surface area contributed by atoms with Gasteiger partial charge in [0.15, 0.2) is 0 Å². The average Bonchev–Trinajstić information content (AvgIpc) is 2.87. The van der Waals surface area contributed by atoms with Crippen molar-refractivity contribution in [2.24, 2.45) is 0 Å². The second kappa shape index (κ2) is 12.6. The Hall–Kier alpha value is -3.84. The predicted molar refractivity (Wildman–Crippen MR) is 128 cm³/mol. The zero-order valence-corrected chi connectivity index (χ0v) is 21.3. The topological polar surface area (TPSA) is 38.3 Å². The lowest BCUT2D eigenvalue weighted by Crippen LogP contribution is -2.48. The highest BCUT2D eigenvalue weighted by Crippen LogP contribution is 2.39. The second-order valence-corrected chi connectivity index (χ2v) is 9.30. The van der Waals surface area contributed by atoms with Gasteiger partial charge in [0.2, 0.25) is 5.91 Å².